The molecule has 0 spiro atoms. The van der Waals surface area contributed by atoms with Gasteiger partial charge in [-0.25, -0.2) is 0 Å². The number of carbonyl (C=O) groups is 2. The normalized spacial score (nSPS) is 10.7. The van der Waals surface area contributed by atoms with Gasteiger partial charge in [-0.1, -0.05) is 42.9 Å². The first kappa shape index (κ1) is 19.1. The number of nitrogens with one attached hydrogen (secondary N) is 2. The zero-order valence-electron chi connectivity index (χ0n) is 14.8. The third-order valence-electron chi connectivity index (χ3n) is 3.94. The molecule has 2 amide bonds. The lowest BCUT2D eigenvalue weighted by Crippen LogP contribution is -2.27. The minimum absolute atomic E-state index is 0.177. The molecule has 25 heavy (non-hydrogen) atoms. The van der Waals surface area contributed by atoms with Crippen LogP contribution in [0.15, 0.2) is 24.3 Å². The number of carbonyl (C=O) groups excluding carboxylic acids is 2. The maximum absolute atomic E-state index is 12.0. The van der Waals surface area contributed by atoms with E-state index in [-0.39, 0.29) is 24.8 Å². The van der Waals surface area contributed by atoms with Crippen molar-refractivity contribution in [3.63, 3.8) is 0 Å². The van der Waals surface area contributed by atoms with Crippen LogP contribution in [0.5, 0.6) is 0 Å². The summed E-state index contributed by atoms with van der Waals surface area (Å²) in [5, 5.41) is 15.1. The van der Waals surface area contributed by atoms with Gasteiger partial charge in [0.25, 0.3) is 5.91 Å². The summed E-state index contributed by atoms with van der Waals surface area (Å²) in [6.07, 6.45) is 2.20. The molecule has 1 aromatic heterocycles. The summed E-state index contributed by atoms with van der Waals surface area (Å²) >= 11 is 1.42. The van der Waals surface area contributed by atoms with Crippen LogP contribution < -0.4 is 10.6 Å². The van der Waals surface area contributed by atoms with E-state index in [0.717, 1.165) is 23.4 Å². The zero-order chi connectivity index (χ0) is 18.2. The summed E-state index contributed by atoms with van der Waals surface area (Å²) < 4.78 is 0. The number of aryl methyl sites for hydroxylation is 1. The molecule has 0 aliphatic rings. The molecule has 7 heteroatoms. The zero-order valence-corrected chi connectivity index (χ0v) is 15.7. The summed E-state index contributed by atoms with van der Waals surface area (Å²) in [7, 11) is 0. The first-order valence-electron chi connectivity index (χ1n) is 8.51. The lowest BCUT2D eigenvalue weighted by Gasteiger charge is -2.06. The van der Waals surface area contributed by atoms with E-state index in [1.54, 1.807) is 6.07 Å². The van der Waals surface area contributed by atoms with Gasteiger partial charge in [0, 0.05) is 24.4 Å². The van der Waals surface area contributed by atoms with Crippen LogP contribution in [0.4, 0.5) is 5.13 Å². The Labute approximate surface area is 152 Å². The molecule has 2 N–H and O–H groups in total. The fraction of sp³-hybridized carbons (Fsp3) is 0.444. The van der Waals surface area contributed by atoms with Crippen molar-refractivity contribution < 1.29 is 9.59 Å². The largest absolute Gasteiger partial charge is 0.352 e. The average Bonchev–Trinajstić information content (AvgIpc) is 3.04. The van der Waals surface area contributed by atoms with Crippen molar-refractivity contribution in [2.24, 2.45) is 0 Å². The minimum Gasteiger partial charge on any atom is -0.352 e. The van der Waals surface area contributed by atoms with Crippen LogP contribution in [0, 0.1) is 6.92 Å². The Morgan fingerprint density at radius 3 is 2.64 bits per heavy atom. The van der Waals surface area contributed by atoms with Crippen LogP contribution in [-0.4, -0.2) is 28.6 Å². The summed E-state index contributed by atoms with van der Waals surface area (Å²) in [6, 6.07) is 7.34. The lowest BCUT2D eigenvalue weighted by molar-refractivity contribution is -0.116. The van der Waals surface area contributed by atoms with Crippen LogP contribution in [-0.2, 0) is 4.79 Å². The summed E-state index contributed by atoms with van der Waals surface area (Å²) in [5.74, 6) is 0.0250. The summed E-state index contributed by atoms with van der Waals surface area (Å²) in [5.41, 5.74) is 1.62. The second-order valence-corrected chi connectivity index (χ2v) is 6.89. The monoisotopic (exact) mass is 360 g/mol. The molecule has 1 heterocycles. The van der Waals surface area contributed by atoms with E-state index in [2.05, 4.69) is 34.7 Å². The first-order valence-corrected chi connectivity index (χ1v) is 9.33. The Morgan fingerprint density at radius 1 is 1.20 bits per heavy atom. The molecule has 0 bridgehead atoms. The second-order valence-electron chi connectivity index (χ2n) is 5.88. The molecule has 2 rings (SSSR count). The third-order valence-corrected chi connectivity index (χ3v) is 4.94. The van der Waals surface area contributed by atoms with Gasteiger partial charge in [-0.15, -0.1) is 10.2 Å². The quantitative estimate of drug-likeness (QED) is 0.754. The predicted octanol–water partition coefficient (Wildman–Crippen LogP) is 3.51. The molecular weight excluding hydrogens is 336 g/mol. The fourth-order valence-corrected chi connectivity index (χ4v) is 3.47. The van der Waals surface area contributed by atoms with Crippen LogP contribution >= 0.6 is 11.3 Å². The number of benzene rings is 1. The van der Waals surface area contributed by atoms with Crippen molar-refractivity contribution >= 4 is 28.3 Å². The van der Waals surface area contributed by atoms with E-state index >= 15 is 0 Å². The molecule has 0 aliphatic heterocycles. The Kier molecular flexibility index (Phi) is 7.06. The number of aromatic nitrogens is 2. The van der Waals surface area contributed by atoms with E-state index in [1.807, 2.05) is 25.1 Å². The van der Waals surface area contributed by atoms with Crippen molar-refractivity contribution in [2.45, 2.75) is 46.0 Å². The number of hydrogen-bond donors (Lipinski definition) is 2. The molecule has 2 aromatic rings. The molecule has 0 fully saturated rings. The number of hydrogen-bond acceptors (Lipinski definition) is 5. The smallest absolute Gasteiger partial charge is 0.251 e. The van der Waals surface area contributed by atoms with Gasteiger partial charge >= 0.3 is 0 Å². The van der Waals surface area contributed by atoms with E-state index in [0.29, 0.717) is 16.6 Å². The molecule has 0 aliphatic carbocycles. The Balaban J connectivity index is 1.78. The highest BCUT2D eigenvalue weighted by Crippen LogP contribution is 2.27. The van der Waals surface area contributed by atoms with Gasteiger partial charge in [-0.05, 0) is 31.9 Å². The second kappa shape index (κ2) is 9.27. The van der Waals surface area contributed by atoms with Crippen molar-refractivity contribution in [1.82, 2.24) is 15.5 Å². The molecule has 0 unspecified atom stereocenters. The topological polar surface area (TPSA) is 84.0 Å². The Morgan fingerprint density at radius 2 is 1.96 bits per heavy atom. The highest BCUT2D eigenvalue weighted by atomic mass is 32.1. The predicted molar refractivity (Wildman–Crippen MR) is 100.0 cm³/mol. The molecular formula is C18H24N4O2S. The van der Waals surface area contributed by atoms with Crippen LogP contribution in [0.1, 0.15) is 60.0 Å². The number of rotatable bonds is 8. The molecule has 0 saturated carbocycles. The number of nitrogens with zero attached hydrogens (tertiary/aromatic N) is 2. The molecule has 134 valence electrons. The number of amides is 2. The molecule has 0 atom stereocenters. The van der Waals surface area contributed by atoms with Crippen molar-refractivity contribution in [2.75, 3.05) is 11.9 Å². The minimum atomic E-state index is -0.184. The van der Waals surface area contributed by atoms with Gasteiger partial charge in [0.2, 0.25) is 11.0 Å². The SMILES string of the molecule is CCC(CC)c1nnc(NC(=O)CCNC(=O)c2cccc(C)c2)s1. The first-order chi connectivity index (χ1) is 12.0. The average molecular weight is 360 g/mol. The highest BCUT2D eigenvalue weighted by molar-refractivity contribution is 7.15. The van der Waals surface area contributed by atoms with Gasteiger partial charge in [-0.3, -0.25) is 9.59 Å². The van der Waals surface area contributed by atoms with Crippen LogP contribution in [0.25, 0.3) is 0 Å². The molecule has 1 aromatic carbocycles. The standard InChI is InChI=1S/C18H24N4O2S/c1-4-13(5-2)17-21-22-18(25-17)20-15(23)9-10-19-16(24)14-8-6-7-12(3)11-14/h6-8,11,13H,4-5,9-10H2,1-3H3,(H,19,24)(H,20,22,23). The summed E-state index contributed by atoms with van der Waals surface area (Å²) in [6.45, 7) is 6.44. The van der Waals surface area contributed by atoms with E-state index < -0.39 is 0 Å². The van der Waals surface area contributed by atoms with Crippen molar-refractivity contribution in [3.05, 3.63) is 40.4 Å². The van der Waals surface area contributed by atoms with Crippen molar-refractivity contribution in [3.8, 4) is 0 Å². The molecule has 0 saturated heterocycles. The molecule has 6 nitrogen and oxygen atoms in total. The van der Waals surface area contributed by atoms with Gasteiger partial charge in [0.1, 0.15) is 5.01 Å². The van der Waals surface area contributed by atoms with Crippen LogP contribution in [0.2, 0.25) is 0 Å². The van der Waals surface area contributed by atoms with E-state index in [9.17, 15) is 9.59 Å². The van der Waals surface area contributed by atoms with Crippen molar-refractivity contribution in [1.29, 1.82) is 0 Å². The number of anilines is 1. The van der Waals surface area contributed by atoms with Crippen LogP contribution in [0.3, 0.4) is 0 Å². The molecule has 0 radical (unpaired) electrons. The summed E-state index contributed by atoms with van der Waals surface area (Å²) in [4.78, 5) is 24.0. The van der Waals surface area contributed by atoms with Gasteiger partial charge in [0.15, 0.2) is 0 Å². The fourth-order valence-electron chi connectivity index (χ4n) is 2.45. The maximum Gasteiger partial charge on any atom is 0.251 e. The highest BCUT2D eigenvalue weighted by Gasteiger charge is 2.14. The van der Waals surface area contributed by atoms with E-state index in [1.165, 1.54) is 11.3 Å². The maximum atomic E-state index is 12.0. The Hall–Kier alpha value is -2.28. The van der Waals surface area contributed by atoms with Gasteiger partial charge in [-0.2, -0.15) is 0 Å². The Bertz CT molecular complexity index is 725. The van der Waals surface area contributed by atoms with E-state index in [4.69, 9.17) is 0 Å². The van der Waals surface area contributed by atoms with Gasteiger partial charge in [0.05, 0.1) is 0 Å². The lowest BCUT2D eigenvalue weighted by atomic mass is 10.1. The third kappa shape index (κ3) is 5.63. The van der Waals surface area contributed by atoms with Gasteiger partial charge < -0.3 is 10.6 Å².